The zero-order valence-corrected chi connectivity index (χ0v) is 7.57. The van der Waals surface area contributed by atoms with E-state index in [1.54, 1.807) is 0 Å². The van der Waals surface area contributed by atoms with E-state index < -0.39 is 13.9 Å². The minimum atomic E-state index is -4.45. The van der Waals surface area contributed by atoms with Crippen LogP contribution in [0.5, 0.6) is 0 Å². The molecule has 13 heavy (non-hydrogen) atoms. The maximum absolute atomic E-state index is 10.5. The smallest absolute Gasteiger partial charge is 0.419 e. The van der Waals surface area contributed by atoms with Crippen LogP contribution >= 0.6 is 7.82 Å². The number of nitrogens with one attached hydrogen (secondary N) is 1. The van der Waals surface area contributed by atoms with Crippen LogP contribution in [0.4, 0.5) is 4.79 Å². The zero-order chi connectivity index (χ0) is 10.3. The molecule has 1 amide bonds. The highest BCUT2D eigenvalue weighted by Crippen LogP contribution is 2.34. The predicted molar refractivity (Wildman–Crippen MR) is 42.7 cm³/mol. The fraction of sp³-hybridized carbons (Fsp3) is 0.400. The summed E-state index contributed by atoms with van der Waals surface area (Å²) in [5.41, 5.74) is 0. The Hall–Kier alpha value is -0.880. The standard InChI is InChI=1S/C5H10NO6P/c1-2-11-5(7)6-3-4-12-13(8,9)10/h2H,1,3-4H2,(H,6,7)(H2,8,9,10). The molecule has 0 saturated carbocycles. The summed E-state index contributed by atoms with van der Waals surface area (Å²) in [7, 11) is -4.45. The van der Waals surface area contributed by atoms with Gasteiger partial charge in [0.05, 0.1) is 12.9 Å². The van der Waals surface area contributed by atoms with E-state index in [1.807, 2.05) is 0 Å². The average Bonchev–Trinajstić information content (AvgIpc) is 1.97. The molecule has 0 aromatic rings. The molecule has 0 atom stereocenters. The van der Waals surface area contributed by atoms with Crippen molar-refractivity contribution in [3.05, 3.63) is 12.8 Å². The molecule has 7 nitrogen and oxygen atoms in total. The van der Waals surface area contributed by atoms with Gasteiger partial charge in [0.15, 0.2) is 0 Å². The monoisotopic (exact) mass is 211 g/mol. The van der Waals surface area contributed by atoms with E-state index in [1.165, 1.54) is 0 Å². The van der Waals surface area contributed by atoms with Crippen molar-refractivity contribution in [3.8, 4) is 0 Å². The first-order valence-corrected chi connectivity index (χ1v) is 4.74. The lowest BCUT2D eigenvalue weighted by Crippen LogP contribution is -2.26. The van der Waals surface area contributed by atoms with E-state index in [2.05, 4.69) is 21.2 Å². The maximum Gasteiger partial charge on any atom is 0.469 e. The Bertz CT molecular complexity index is 223. The van der Waals surface area contributed by atoms with E-state index in [0.29, 0.717) is 0 Å². The highest BCUT2D eigenvalue weighted by atomic mass is 31.2. The van der Waals surface area contributed by atoms with Gasteiger partial charge in [0.2, 0.25) is 0 Å². The molecule has 0 radical (unpaired) electrons. The third-order valence-electron chi connectivity index (χ3n) is 0.821. The van der Waals surface area contributed by atoms with Gasteiger partial charge in [0.25, 0.3) is 0 Å². The second-order valence-electron chi connectivity index (χ2n) is 1.82. The van der Waals surface area contributed by atoms with Gasteiger partial charge in [0.1, 0.15) is 0 Å². The van der Waals surface area contributed by atoms with E-state index in [-0.39, 0.29) is 13.2 Å². The summed E-state index contributed by atoms with van der Waals surface area (Å²) in [6.07, 6.45) is 0.170. The summed E-state index contributed by atoms with van der Waals surface area (Å²) in [4.78, 5) is 26.9. The van der Waals surface area contributed by atoms with Crippen LogP contribution in [0.1, 0.15) is 0 Å². The molecule has 0 unspecified atom stereocenters. The van der Waals surface area contributed by atoms with Gasteiger partial charge >= 0.3 is 13.9 Å². The quantitative estimate of drug-likeness (QED) is 0.335. The Morgan fingerprint density at radius 2 is 2.23 bits per heavy atom. The van der Waals surface area contributed by atoms with Crippen molar-refractivity contribution in [3.63, 3.8) is 0 Å². The second-order valence-corrected chi connectivity index (χ2v) is 3.06. The number of carbonyl (C=O) groups is 1. The summed E-state index contributed by atoms with van der Waals surface area (Å²) in [6.45, 7) is 2.78. The molecule has 0 aliphatic heterocycles. The SMILES string of the molecule is C=COC(=O)NCCOP(=O)(O)O. The van der Waals surface area contributed by atoms with Gasteiger partial charge in [-0.25, -0.2) is 9.36 Å². The van der Waals surface area contributed by atoms with Crippen molar-refractivity contribution in [2.45, 2.75) is 0 Å². The number of phosphoric ester groups is 1. The van der Waals surface area contributed by atoms with Crippen LogP contribution in [0.15, 0.2) is 12.8 Å². The highest BCUT2D eigenvalue weighted by Gasteiger charge is 2.12. The van der Waals surface area contributed by atoms with E-state index in [9.17, 15) is 9.36 Å². The number of alkyl carbamates (subject to hydrolysis) is 1. The van der Waals surface area contributed by atoms with E-state index in [4.69, 9.17) is 9.79 Å². The van der Waals surface area contributed by atoms with Crippen molar-refractivity contribution < 1.29 is 28.4 Å². The topological polar surface area (TPSA) is 105 Å². The van der Waals surface area contributed by atoms with Gasteiger partial charge in [-0.2, -0.15) is 0 Å². The number of rotatable bonds is 5. The molecule has 0 aliphatic rings. The number of hydrogen-bond donors (Lipinski definition) is 3. The molecule has 0 aliphatic carbocycles. The van der Waals surface area contributed by atoms with Gasteiger partial charge < -0.3 is 19.8 Å². The predicted octanol–water partition coefficient (Wildman–Crippen LogP) is -0.0346. The second kappa shape index (κ2) is 5.71. The molecule has 0 rings (SSSR count). The average molecular weight is 211 g/mol. The van der Waals surface area contributed by atoms with Crippen LogP contribution in [0.2, 0.25) is 0 Å². The molecule has 0 spiro atoms. The zero-order valence-electron chi connectivity index (χ0n) is 6.67. The molecular weight excluding hydrogens is 201 g/mol. The van der Waals surface area contributed by atoms with E-state index >= 15 is 0 Å². The lowest BCUT2D eigenvalue weighted by molar-refractivity contribution is 0.173. The van der Waals surface area contributed by atoms with Crippen molar-refractivity contribution in [2.24, 2.45) is 0 Å². The number of hydrogen-bond acceptors (Lipinski definition) is 4. The minimum Gasteiger partial charge on any atom is -0.419 e. The lowest BCUT2D eigenvalue weighted by atomic mass is 10.7. The van der Waals surface area contributed by atoms with Crippen LogP contribution in [0, 0.1) is 0 Å². The first-order chi connectivity index (χ1) is 5.95. The van der Waals surface area contributed by atoms with Gasteiger partial charge in [-0.1, -0.05) is 6.58 Å². The summed E-state index contributed by atoms with van der Waals surface area (Å²) >= 11 is 0. The molecule has 0 fully saturated rings. The van der Waals surface area contributed by atoms with Crippen LogP contribution in [-0.2, 0) is 13.8 Å². The summed E-state index contributed by atoms with van der Waals surface area (Å²) in [5.74, 6) is 0. The Labute approximate surface area is 74.6 Å². The fourth-order valence-electron chi connectivity index (χ4n) is 0.435. The Morgan fingerprint density at radius 1 is 1.62 bits per heavy atom. The number of ether oxygens (including phenoxy) is 1. The highest BCUT2D eigenvalue weighted by molar-refractivity contribution is 7.46. The molecule has 3 N–H and O–H groups in total. The number of phosphoric acid groups is 1. The maximum atomic E-state index is 10.5. The van der Waals surface area contributed by atoms with Gasteiger partial charge in [0, 0.05) is 6.54 Å². The van der Waals surface area contributed by atoms with Crippen molar-refractivity contribution >= 4 is 13.9 Å². The van der Waals surface area contributed by atoms with E-state index in [0.717, 1.165) is 6.26 Å². The van der Waals surface area contributed by atoms with Crippen LogP contribution in [0.3, 0.4) is 0 Å². The van der Waals surface area contributed by atoms with Crippen LogP contribution in [-0.4, -0.2) is 29.0 Å². The van der Waals surface area contributed by atoms with Gasteiger partial charge in [-0.3, -0.25) is 4.52 Å². The Kier molecular flexibility index (Phi) is 5.33. The Balaban J connectivity index is 3.41. The fourth-order valence-corrected chi connectivity index (χ4v) is 0.764. The van der Waals surface area contributed by atoms with Crippen molar-refractivity contribution in [2.75, 3.05) is 13.2 Å². The first-order valence-electron chi connectivity index (χ1n) is 3.21. The third kappa shape index (κ3) is 9.03. The normalized spacial score (nSPS) is 10.6. The lowest BCUT2D eigenvalue weighted by Gasteiger charge is -2.05. The molecule has 0 heterocycles. The number of amides is 1. The molecule has 0 aromatic heterocycles. The molecule has 0 aromatic carbocycles. The molecule has 8 heteroatoms. The van der Waals surface area contributed by atoms with Crippen LogP contribution < -0.4 is 5.32 Å². The molecular formula is C5H10NO6P. The Morgan fingerprint density at radius 3 is 2.69 bits per heavy atom. The summed E-state index contributed by atoms with van der Waals surface area (Å²) in [6, 6.07) is 0. The van der Waals surface area contributed by atoms with Crippen molar-refractivity contribution in [1.82, 2.24) is 5.32 Å². The van der Waals surface area contributed by atoms with Crippen LogP contribution in [0.25, 0.3) is 0 Å². The molecule has 0 saturated heterocycles. The first kappa shape index (κ1) is 12.1. The van der Waals surface area contributed by atoms with Crippen molar-refractivity contribution in [1.29, 1.82) is 0 Å². The third-order valence-corrected chi connectivity index (χ3v) is 1.34. The molecule has 0 bridgehead atoms. The summed E-state index contributed by atoms with van der Waals surface area (Å²) < 4.78 is 18.4. The van der Waals surface area contributed by atoms with Gasteiger partial charge in [-0.05, 0) is 0 Å². The van der Waals surface area contributed by atoms with Gasteiger partial charge in [-0.15, -0.1) is 0 Å². The minimum absolute atomic E-state index is 0.0578. The molecule has 76 valence electrons. The number of carbonyl (C=O) groups excluding carboxylic acids is 1. The summed E-state index contributed by atoms with van der Waals surface area (Å²) in [5, 5.41) is 2.16. The largest absolute Gasteiger partial charge is 0.469 e.